The standard InChI is InChI=1S/C15H10FNO3S.Na/c16-10-5-3-9(4-6-10)12(15(18)19)14-13(17-8-20-14)11-2-1-7-21-11;/h1-8,12H,(H,18,19);/q;+1/p-1. The summed E-state index contributed by atoms with van der Waals surface area (Å²) in [5.41, 5.74) is 0.842. The van der Waals surface area contributed by atoms with Crippen LogP contribution in [0.2, 0.25) is 0 Å². The monoisotopic (exact) mass is 325 g/mol. The first-order chi connectivity index (χ1) is 10.2. The summed E-state index contributed by atoms with van der Waals surface area (Å²) in [7, 11) is 0. The molecule has 3 rings (SSSR count). The van der Waals surface area contributed by atoms with E-state index in [0.717, 1.165) is 4.88 Å². The van der Waals surface area contributed by atoms with E-state index >= 15 is 0 Å². The Kier molecular flexibility index (Phi) is 5.52. The molecule has 106 valence electrons. The molecule has 2 aromatic heterocycles. The number of carboxylic acid groups (broad SMARTS) is 1. The van der Waals surface area contributed by atoms with Crippen LogP contribution in [-0.4, -0.2) is 11.0 Å². The third-order valence-corrected chi connectivity index (χ3v) is 3.93. The van der Waals surface area contributed by atoms with Gasteiger partial charge in [0.25, 0.3) is 0 Å². The minimum atomic E-state index is -1.32. The first-order valence-electron chi connectivity index (χ1n) is 6.10. The van der Waals surface area contributed by atoms with E-state index in [0.29, 0.717) is 11.3 Å². The summed E-state index contributed by atoms with van der Waals surface area (Å²) in [6, 6.07) is 8.86. The van der Waals surface area contributed by atoms with E-state index in [2.05, 4.69) is 4.98 Å². The number of aromatic nitrogens is 1. The third-order valence-electron chi connectivity index (χ3n) is 3.05. The van der Waals surface area contributed by atoms with Crippen molar-refractivity contribution in [3.63, 3.8) is 0 Å². The number of carbonyl (C=O) groups is 1. The molecule has 7 heteroatoms. The van der Waals surface area contributed by atoms with E-state index in [1.165, 1.54) is 42.0 Å². The van der Waals surface area contributed by atoms with Gasteiger partial charge in [-0.15, -0.1) is 11.3 Å². The minimum Gasteiger partial charge on any atom is -0.549 e. The number of halogens is 1. The maximum Gasteiger partial charge on any atom is 1.00 e. The number of thiophene rings is 1. The molecule has 4 nitrogen and oxygen atoms in total. The molecule has 1 unspecified atom stereocenters. The molecule has 0 amide bonds. The first-order valence-corrected chi connectivity index (χ1v) is 6.98. The molecule has 0 aliphatic heterocycles. The smallest absolute Gasteiger partial charge is 0.549 e. The number of carboxylic acids is 1. The van der Waals surface area contributed by atoms with Crippen LogP contribution in [0, 0.1) is 5.82 Å². The van der Waals surface area contributed by atoms with E-state index in [9.17, 15) is 14.3 Å². The van der Waals surface area contributed by atoms with Gasteiger partial charge in [-0.3, -0.25) is 0 Å². The van der Waals surface area contributed by atoms with Crippen LogP contribution in [0.15, 0.2) is 52.6 Å². The molecular weight excluding hydrogens is 316 g/mol. The van der Waals surface area contributed by atoms with E-state index in [1.807, 2.05) is 17.5 Å². The Hall–Kier alpha value is -1.47. The van der Waals surface area contributed by atoms with Gasteiger partial charge in [0.1, 0.15) is 17.3 Å². The molecule has 0 saturated heterocycles. The number of hydrogen-bond acceptors (Lipinski definition) is 5. The van der Waals surface area contributed by atoms with Crippen LogP contribution >= 0.6 is 11.3 Å². The molecule has 22 heavy (non-hydrogen) atoms. The predicted molar refractivity (Wildman–Crippen MR) is 73.1 cm³/mol. The summed E-state index contributed by atoms with van der Waals surface area (Å²) in [4.78, 5) is 16.4. The molecule has 0 N–H and O–H groups in total. The van der Waals surface area contributed by atoms with Crippen LogP contribution in [-0.2, 0) is 4.79 Å². The second kappa shape index (κ2) is 7.19. The summed E-state index contributed by atoms with van der Waals surface area (Å²) in [6.45, 7) is 0. The van der Waals surface area contributed by atoms with E-state index in [4.69, 9.17) is 4.42 Å². The molecule has 3 aromatic rings. The predicted octanol–water partition coefficient (Wildman–Crippen LogP) is -0.572. The molecule has 2 heterocycles. The van der Waals surface area contributed by atoms with Gasteiger partial charge in [-0.2, -0.15) is 0 Å². The molecule has 0 fully saturated rings. The number of aliphatic carboxylic acids is 1. The van der Waals surface area contributed by atoms with Gasteiger partial charge >= 0.3 is 29.6 Å². The van der Waals surface area contributed by atoms with E-state index < -0.39 is 17.7 Å². The third kappa shape index (κ3) is 3.30. The molecule has 1 atom stereocenters. The van der Waals surface area contributed by atoms with Gasteiger partial charge in [0.05, 0.1) is 16.8 Å². The summed E-state index contributed by atoms with van der Waals surface area (Å²) in [6.07, 6.45) is 1.20. The Morgan fingerprint density at radius 1 is 1.27 bits per heavy atom. The fourth-order valence-corrected chi connectivity index (χ4v) is 2.83. The maximum atomic E-state index is 13.0. The minimum absolute atomic E-state index is 0. The van der Waals surface area contributed by atoms with Crippen LogP contribution in [0.1, 0.15) is 17.2 Å². The summed E-state index contributed by atoms with van der Waals surface area (Å²) < 4.78 is 18.3. The number of rotatable bonds is 4. The summed E-state index contributed by atoms with van der Waals surface area (Å²) >= 11 is 1.43. The number of benzene rings is 1. The SMILES string of the molecule is O=C([O-])C(c1ccc(F)cc1)c1ocnc1-c1cccs1.[Na+]. The quantitative estimate of drug-likeness (QED) is 0.603. The number of oxazole rings is 1. The number of nitrogens with zero attached hydrogens (tertiary/aromatic N) is 1. The van der Waals surface area contributed by atoms with Crippen LogP contribution in [0.4, 0.5) is 4.39 Å². The number of carbonyl (C=O) groups excluding carboxylic acids is 1. The van der Waals surface area contributed by atoms with Gasteiger partial charge in [-0.1, -0.05) is 18.2 Å². The van der Waals surface area contributed by atoms with Gasteiger partial charge in [0.2, 0.25) is 0 Å². The molecule has 0 saturated carbocycles. The molecule has 0 spiro atoms. The Bertz CT molecular complexity index is 755. The Labute approximate surface area is 151 Å². The van der Waals surface area contributed by atoms with Crippen molar-refractivity contribution in [3.05, 3.63) is 65.3 Å². The Morgan fingerprint density at radius 2 is 2.00 bits per heavy atom. The van der Waals surface area contributed by atoms with Crippen LogP contribution < -0.4 is 34.7 Å². The Morgan fingerprint density at radius 3 is 2.59 bits per heavy atom. The van der Waals surface area contributed by atoms with Crippen molar-refractivity contribution in [2.45, 2.75) is 5.92 Å². The van der Waals surface area contributed by atoms with Crippen LogP contribution in [0.25, 0.3) is 10.6 Å². The summed E-state index contributed by atoms with van der Waals surface area (Å²) in [5.74, 6) is -2.71. The van der Waals surface area contributed by atoms with Gasteiger partial charge in [0, 0.05) is 0 Å². The molecular formula is C15H9FNNaO3S. The van der Waals surface area contributed by atoms with Crippen molar-refractivity contribution in [3.8, 4) is 10.6 Å². The average molecular weight is 325 g/mol. The van der Waals surface area contributed by atoms with Gasteiger partial charge in [0.15, 0.2) is 6.39 Å². The van der Waals surface area contributed by atoms with Gasteiger partial charge in [-0.25, -0.2) is 9.37 Å². The van der Waals surface area contributed by atoms with E-state index in [1.54, 1.807) is 0 Å². The average Bonchev–Trinajstić information content (AvgIpc) is 3.11. The van der Waals surface area contributed by atoms with Crippen molar-refractivity contribution < 1.29 is 48.3 Å². The zero-order valence-electron chi connectivity index (χ0n) is 11.7. The van der Waals surface area contributed by atoms with Gasteiger partial charge < -0.3 is 14.3 Å². The van der Waals surface area contributed by atoms with Crippen molar-refractivity contribution in [2.75, 3.05) is 0 Å². The van der Waals surface area contributed by atoms with Crippen LogP contribution in [0.5, 0.6) is 0 Å². The molecule has 0 bridgehead atoms. The second-order valence-electron chi connectivity index (χ2n) is 4.35. The van der Waals surface area contributed by atoms with Crippen molar-refractivity contribution >= 4 is 17.3 Å². The molecule has 0 aliphatic carbocycles. The first kappa shape index (κ1) is 16.9. The number of hydrogen-bond donors (Lipinski definition) is 0. The van der Waals surface area contributed by atoms with Crippen molar-refractivity contribution in [2.24, 2.45) is 0 Å². The molecule has 0 aliphatic rings. The van der Waals surface area contributed by atoms with E-state index in [-0.39, 0.29) is 35.3 Å². The zero-order chi connectivity index (χ0) is 14.8. The van der Waals surface area contributed by atoms with Crippen molar-refractivity contribution in [1.82, 2.24) is 4.98 Å². The molecule has 1 aromatic carbocycles. The maximum absolute atomic E-state index is 13.0. The normalized spacial score (nSPS) is 11.7. The van der Waals surface area contributed by atoms with Crippen LogP contribution in [0.3, 0.4) is 0 Å². The molecule has 0 radical (unpaired) electrons. The largest absolute Gasteiger partial charge is 1.00 e. The fraction of sp³-hybridized carbons (Fsp3) is 0.0667. The van der Waals surface area contributed by atoms with Crippen molar-refractivity contribution in [1.29, 1.82) is 0 Å². The second-order valence-corrected chi connectivity index (χ2v) is 5.29. The fourth-order valence-electron chi connectivity index (χ4n) is 2.11. The van der Waals surface area contributed by atoms with Gasteiger partial charge in [-0.05, 0) is 29.1 Å². The summed E-state index contributed by atoms with van der Waals surface area (Å²) in [5, 5.41) is 13.4. The topological polar surface area (TPSA) is 66.2 Å². The Balaban J connectivity index is 0.00000176. The zero-order valence-corrected chi connectivity index (χ0v) is 14.5.